The molecule has 4 nitrogen and oxygen atoms in total. The van der Waals surface area contributed by atoms with E-state index in [0.29, 0.717) is 11.3 Å². The van der Waals surface area contributed by atoms with Crippen LogP contribution in [0.15, 0.2) is 22.7 Å². The number of nitrogens with zero attached hydrogens (tertiary/aromatic N) is 1. The molecule has 0 aliphatic carbocycles. The third kappa shape index (κ3) is 3.05. The van der Waals surface area contributed by atoms with Gasteiger partial charge in [-0.3, -0.25) is 4.79 Å². The number of carbonyl (C=O) groups is 1. The molecule has 1 atom stereocenters. The van der Waals surface area contributed by atoms with E-state index < -0.39 is 6.10 Å². The highest BCUT2D eigenvalue weighted by molar-refractivity contribution is 9.10. The number of nitrogens with one attached hydrogen (secondary N) is 1. The molecule has 1 aromatic carbocycles. The maximum Gasteiger partial charge on any atom is 0.253 e. The zero-order valence-electron chi connectivity index (χ0n) is 8.95. The van der Waals surface area contributed by atoms with Crippen molar-refractivity contribution in [2.24, 2.45) is 0 Å². The van der Waals surface area contributed by atoms with Gasteiger partial charge in [0.2, 0.25) is 0 Å². The Morgan fingerprint density at radius 3 is 2.88 bits per heavy atom. The first-order valence-corrected chi connectivity index (χ1v) is 5.41. The molecule has 0 spiro atoms. The lowest BCUT2D eigenvalue weighted by atomic mass is 10.2. The molecule has 0 saturated carbocycles. The Labute approximate surface area is 102 Å². The van der Waals surface area contributed by atoms with Crippen molar-refractivity contribution in [2.75, 3.05) is 12.4 Å². The molecule has 1 unspecified atom stereocenters. The van der Waals surface area contributed by atoms with E-state index in [1.54, 1.807) is 25.1 Å². The predicted octanol–water partition coefficient (Wildman–Crippen LogP) is 2.29. The zero-order valence-corrected chi connectivity index (χ0v) is 10.5. The monoisotopic (exact) mass is 282 g/mol. The first-order valence-electron chi connectivity index (χ1n) is 4.61. The summed E-state index contributed by atoms with van der Waals surface area (Å²) in [5.74, 6) is -0.277. The molecule has 1 rings (SSSR count). The highest BCUT2D eigenvalue weighted by atomic mass is 79.9. The van der Waals surface area contributed by atoms with Crippen molar-refractivity contribution in [3.05, 3.63) is 28.2 Å². The van der Waals surface area contributed by atoms with Crippen molar-refractivity contribution in [2.45, 2.75) is 13.0 Å². The fourth-order valence-corrected chi connectivity index (χ4v) is 1.42. The van der Waals surface area contributed by atoms with Crippen LogP contribution in [0.2, 0.25) is 0 Å². The van der Waals surface area contributed by atoms with Gasteiger partial charge in [0, 0.05) is 11.6 Å². The van der Waals surface area contributed by atoms with Gasteiger partial charge in [0.25, 0.3) is 5.91 Å². The minimum atomic E-state index is -0.546. The summed E-state index contributed by atoms with van der Waals surface area (Å²) in [6.07, 6.45) is -0.546. The number of carbonyl (C=O) groups excluding carboxylic acids is 1. The van der Waals surface area contributed by atoms with Crippen LogP contribution in [0.25, 0.3) is 0 Å². The van der Waals surface area contributed by atoms with Crippen molar-refractivity contribution in [1.82, 2.24) is 0 Å². The molecule has 5 heteroatoms. The van der Waals surface area contributed by atoms with E-state index in [-0.39, 0.29) is 5.91 Å². The Bertz CT molecular complexity index is 440. The van der Waals surface area contributed by atoms with Gasteiger partial charge in [-0.25, -0.2) is 0 Å². The maximum absolute atomic E-state index is 11.5. The minimum Gasteiger partial charge on any atom is -0.372 e. The number of halogens is 1. The Morgan fingerprint density at radius 2 is 2.31 bits per heavy atom. The van der Waals surface area contributed by atoms with Gasteiger partial charge in [-0.1, -0.05) is 15.9 Å². The minimum absolute atomic E-state index is 0.277. The van der Waals surface area contributed by atoms with Crippen molar-refractivity contribution >= 4 is 27.5 Å². The number of hydrogen-bond acceptors (Lipinski definition) is 3. The van der Waals surface area contributed by atoms with E-state index in [9.17, 15) is 4.79 Å². The summed E-state index contributed by atoms with van der Waals surface area (Å²) < 4.78 is 5.67. The molecule has 0 aliphatic heterocycles. The number of hydrogen-bond donors (Lipinski definition) is 1. The summed E-state index contributed by atoms with van der Waals surface area (Å²) in [6, 6.07) is 7.09. The van der Waals surface area contributed by atoms with E-state index in [1.807, 2.05) is 6.07 Å². The second-order valence-corrected chi connectivity index (χ2v) is 4.08. The molecule has 0 bridgehead atoms. The van der Waals surface area contributed by atoms with Crippen molar-refractivity contribution < 1.29 is 9.53 Å². The highest BCUT2D eigenvalue weighted by Gasteiger charge is 2.13. The van der Waals surface area contributed by atoms with Crippen LogP contribution in [0.3, 0.4) is 0 Å². The number of nitriles is 1. The summed E-state index contributed by atoms with van der Waals surface area (Å²) >= 11 is 3.26. The number of methoxy groups -OCH3 is 1. The maximum atomic E-state index is 11.5. The molecule has 0 aromatic heterocycles. The van der Waals surface area contributed by atoms with Crippen LogP contribution >= 0.6 is 15.9 Å². The van der Waals surface area contributed by atoms with Crippen molar-refractivity contribution in [3.8, 4) is 6.07 Å². The molecule has 0 fully saturated rings. The van der Waals surface area contributed by atoms with Gasteiger partial charge in [0.15, 0.2) is 0 Å². The quantitative estimate of drug-likeness (QED) is 0.925. The number of rotatable bonds is 3. The normalized spacial score (nSPS) is 11.6. The van der Waals surface area contributed by atoms with Crippen LogP contribution in [0, 0.1) is 11.3 Å². The molecule has 0 saturated heterocycles. The van der Waals surface area contributed by atoms with Crippen LogP contribution in [-0.4, -0.2) is 19.1 Å². The molecule has 1 N–H and O–H groups in total. The van der Waals surface area contributed by atoms with Crippen molar-refractivity contribution in [1.29, 1.82) is 5.26 Å². The third-order valence-corrected chi connectivity index (χ3v) is 2.58. The van der Waals surface area contributed by atoms with Crippen LogP contribution in [0.1, 0.15) is 12.5 Å². The van der Waals surface area contributed by atoms with Gasteiger partial charge in [0.05, 0.1) is 11.3 Å². The van der Waals surface area contributed by atoms with Crippen LogP contribution in [-0.2, 0) is 9.53 Å². The SMILES string of the molecule is COC(C)C(=O)Nc1ccc(Br)cc1C#N. The number of benzene rings is 1. The summed E-state index contributed by atoms with van der Waals surface area (Å²) in [5.41, 5.74) is 0.894. The molecular weight excluding hydrogens is 272 g/mol. The summed E-state index contributed by atoms with van der Waals surface area (Å²) in [7, 11) is 1.46. The molecular formula is C11H11BrN2O2. The van der Waals surface area contributed by atoms with E-state index in [1.165, 1.54) is 7.11 Å². The summed E-state index contributed by atoms with van der Waals surface area (Å²) in [6.45, 7) is 1.64. The second kappa shape index (κ2) is 5.64. The van der Waals surface area contributed by atoms with E-state index >= 15 is 0 Å². The van der Waals surface area contributed by atoms with Gasteiger partial charge < -0.3 is 10.1 Å². The lowest BCUT2D eigenvalue weighted by Crippen LogP contribution is -2.26. The molecule has 84 valence electrons. The Kier molecular flexibility index (Phi) is 4.47. The average molecular weight is 283 g/mol. The van der Waals surface area contributed by atoms with Crippen molar-refractivity contribution in [3.63, 3.8) is 0 Å². The molecule has 16 heavy (non-hydrogen) atoms. The predicted molar refractivity (Wildman–Crippen MR) is 64.0 cm³/mol. The smallest absolute Gasteiger partial charge is 0.253 e. The fourth-order valence-electron chi connectivity index (χ4n) is 1.06. The lowest BCUT2D eigenvalue weighted by Gasteiger charge is -2.11. The first kappa shape index (κ1) is 12.7. The van der Waals surface area contributed by atoms with Crippen LogP contribution in [0.5, 0.6) is 0 Å². The highest BCUT2D eigenvalue weighted by Crippen LogP contribution is 2.20. The molecule has 0 heterocycles. The summed E-state index contributed by atoms with van der Waals surface area (Å²) in [5, 5.41) is 11.5. The van der Waals surface area contributed by atoms with Crippen LogP contribution in [0.4, 0.5) is 5.69 Å². The van der Waals surface area contributed by atoms with Gasteiger partial charge in [-0.2, -0.15) is 5.26 Å². The average Bonchev–Trinajstić information content (AvgIpc) is 2.30. The summed E-state index contributed by atoms with van der Waals surface area (Å²) in [4.78, 5) is 11.5. The largest absolute Gasteiger partial charge is 0.372 e. The fraction of sp³-hybridized carbons (Fsp3) is 0.273. The van der Waals surface area contributed by atoms with Gasteiger partial charge in [-0.15, -0.1) is 0 Å². The molecule has 1 amide bonds. The number of amides is 1. The van der Waals surface area contributed by atoms with Gasteiger partial charge in [0.1, 0.15) is 12.2 Å². The Balaban J connectivity index is 2.90. The van der Waals surface area contributed by atoms with E-state index in [0.717, 1.165) is 4.47 Å². The second-order valence-electron chi connectivity index (χ2n) is 3.17. The molecule has 0 radical (unpaired) electrons. The molecule has 1 aromatic rings. The van der Waals surface area contributed by atoms with Crippen LogP contribution < -0.4 is 5.32 Å². The lowest BCUT2D eigenvalue weighted by molar-refractivity contribution is -0.124. The zero-order chi connectivity index (χ0) is 12.1. The third-order valence-electron chi connectivity index (χ3n) is 2.08. The Morgan fingerprint density at radius 1 is 1.62 bits per heavy atom. The first-order chi connectivity index (χ1) is 7.58. The number of anilines is 1. The van der Waals surface area contributed by atoms with E-state index in [2.05, 4.69) is 21.2 Å². The van der Waals surface area contributed by atoms with Gasteiger partial charge in [-0.05, 0) is 25.1 Å². The molecule has 0 aliphatic rings. The Hall–Kier alpha value is -1.38. The van der Waals surface area contributed by atoms with Gasteiger partial charge >= 0.3 is 0 Å². The number of ether oxygens (including phenoxy) is 1. The van der Waals surface area contributed by atoms with E-state index in [4.69, 9.17) is 10.00 Å². The topological polar surface area (TPSA) is 62.1 Å². The standard InChI is InChI=1S/C11H11BrN2O2/c1-7(16-2)11(15)14-10-4-3-9(12)5-8(10)6-13/h3-5,7H,1-2H3,(H,14,15).